The fourth-order valence-electron chi connectivity index (χ4n) is 1.80. The van der Waals surface area contributed by atoms with E-state index in [9.17, 15) is 9.18 Å². The van der Waals surface area contributed by atoms with Crippen molar-refractivity contribution in [3.05, 3.63) is 46.5 Å². The number of hydrogen-bond donors (Lipinski definition) is 2. The summed E-state index contributed by atoms with van der Waals surface area (Å²) < 4.78 is 18.0. The molecule has 2 N–H and O–H groups in total. The van der Waals surface area contributed by atoms with Gasteiger partial charge in [-0.1, -0.05) is 11.6 Å². The molecular weight excluding hydrogens is 323 g/mol. The Kier molecular flexibility index (Phi) is 5.84. The first-order valence-electron chi connectivity index (χ1n) is 6.84. The van der Waals surface area contributed by atoms with Crippen molar-refractivity contribution in [1.82, 2.24) is 15.3 Å². The summed E-state index contributed by atoms with van der Waals surface area (Å²) in [7, 11) is 1.55. The van der Waals surface area contributed by atoms with Crippen molar-refractivity contribution in [2.24, 2.45) is 0 Å². The molecule has 0 fully saturated rings. The number of nitrogens with zero attached hydrogens (tertiary/aromatic N) is 2. The first-order chi connectivity index (χ1) is 11.0. The van der Waals surface area contributed by atoms with Crippen LogP contribution >= 0.6 is 11.6 Å². The van der Waals surface area contributed by atoms with Crippen LogP contribution in [0.1, 0.15) is 16.2 Å². The third-order valence-electron chi connectivity index (χ3n) is 2.85. The van der Waals surface area contributed by atoms with Crippen molar-refractivity contribution in [3.63, 3.8) is 0 Å². The fourth-order valence-corrected chi connectivity index (χ4v) is 1.98. The molecule has 0 atom stereocenters. The van der Waals surface area contributed by atoms with Crippen LogP contribution in [-0.4, -0.2) is 36.1 Å². The Hall–Kier alpha value is -2.25. The van der Waals surface area contributed by atoms with E-state index in [-0.39, 0.29) is 22.6 Å². The molecule has 1 heterocycles. The Bertz CT molecular complexity index is 712. The molecule has 0 aliphatic carbocycles. The molecule has 2 rings (SSSR count). The van der Waals surface area contributed by atoms with Gasteiger partial charge in [-0.3, -0.25) is 4.79 Å². The van der Waals surface area contributed by atoms with Crippen LogP contribution in [0.4, 0.5) is 16.0 Å². The molecular formula is C15H16ClFN4O2. The van der Waals surface area contributed by atoms with Gasteiger partial charge in [0.15, 0.2) is 0 Å². The second-order valence-electron chi connectivity index (χ2n) is 4.72. The largest absolute Gasteiger partial charge is 0.383 e. The second kappa shape index (κ2) is 7.85. The average molecular weight is 339 g/mol. The van der Waals surface area contributed by atoms with Gasteiger partial charge in [0.05, 0.1) is 11.6 Å². The zero-order chi connectivity index (χ0) is 16.8. The summed E-state index contributed by atoms with van der Waals surface area (Å²) in [6.07, 6.45) is 0. The summed E-state index contributed by atoms with van der Waals surface area (Å²) in [5, 5.41) is 5.57. The summed E-state index contributed by atoms with van der Waals surface area (Å²) in [6.45, 7) is 2.54. The smallest absolute Gasteiger partial charge is 0.270 e. The third kappa shape index (κ3) is 4.87. The molecule has 0 aliphatic rings. The van der Waals surface area contributed by atoms with Gasteiger partial charge in [-0.25, -0.2) is 14.4 Å². The predicted octanol–water partition coefficient (Wildman–Crippen LogP) is 2.70. The van der Waals surface area contributed by atoms with E-state index >= 15 is 0 Å². The lowest BCUT2D eigenvalue weighted by molar-refractivity contribution is 0.0932. The zero-order valence-electron chi connectivity index (χ0n) is 12.7. The van der Waals surface area contributed by atoms with Gasteiger partial charge in [0, 0.05) is 25.0 Å². The van der Waals surface area contributed by atoms with Crippen molar-refractivity contribution in [1.29, 1.82) is 0 Å². The van der Waals surface area contributed by atoms with Gasteiger partial charge in [0.1, 0.15) is 11.5 Å². The van der Waals surface area contributed by atoms with Gasteiger partial charge in [0.2, 0.25) is 5.95 Å². The number of anilines is 2. The van der Waals surface area contributed by atoms with Crippen LogP contribution in [0.25, 0.3) is 0 Å². The minimum Gasteiger partial charge on any atom is -0.383 e. The molecule has 1 aromatic carbocycles. The number of carbonyl (C=O) groups is 1. The molecule has 6 nitrogen and oxygen atoms in total. The second-order valence-corrected chi connectivity index (χ2v) is 5.13. The Balaban J connectivity index is 2.16. The summed E-state index contributed by atoms with van der Waals surface area (Å²) in [4.78, 5) is 20.4. The van der Waals surface area contributed by atoms with Gasteiger partial charge < -0.3 is 15.4 Å². The number of aryl methyl sites for hydroxylation is 1. The van der Waals surface area contributed by atoms with E-state index in [4.69, 9.17) is 16.3 Å². The van der Waals surface area contributed by atoms with E-state index in [2.05, 4.69) is 20.6 Å². The maximum Gasteiger partial charge on any atom is 0.270 e. The van der Waals surface area contributed by atoms with Crippen LogP contribution in [0, 0.1) is 12.7 Å². The number of hydrogen-bond acceptors (Lipinski definition) is 5. The van der Waals surface area contributed by atoms with E-state index in [0.29, 0.717) is 24.5 Å². The van der Waals surface area contributed by atoms with Crippen molar-refractivity contribution < 1.29 is 13.9 Å². The lowest BCUT2D eigenvalue weighted by atomic mass is 10.3. The van der Waals surface area contributed by atoms with Crippen LogP contribution in [0.2, 0.25) is 5.02 Å². The minimum absolute atomic E-state index is 0.0137. The van der Waals surface area contributed by atoms with Crippen LogP contribution < -0.4 is 10.6 Å². The predicted molar refractivity (Wildman–Crippen MR) is 85.7 cm³/mol. The highest BCUT2D eigenvalue weighted by Gasteiger charge is 2.11. The van der Waals surface area contributed by atoms with Gasteiger partial charge in [-0.2, -0.15) is 0 Å². The number of methoxy groups -OCH3 is 1. The van der Waals surface area contributed by atoms with Crippen LogP contribution in [0.3, 0.4) is 0 Å². The Morgan fingerprint density at radius 1 is 1.35 bits per heavy atom. The number of aromatic nitrogens is 2. The number of nitrogens with one attached hydrogen (secondary N) is 2. The lowest BCUT2D eigenvalue weighted by Crippen LogP contribution is -2.28. The molecule has 23 heavy (non-hydrogen) atoms. The molecule has 8 heteroatoms. The number of rotatable bonds is 6. The van der Waals surface area contributed by atoms with Gasteiger partial charge in [-0.15, -0.1) is 0 Å². The topological polar surface area (TPSA) is 76.1 Å². The number of ether oxygens (including phenoxy) is 1. The molecule has 0 saturated carbocycles. The normalized spacial score (nSPS) is 10.4. The highest BCUT2D eigenvalue weighted by molar-refractivity contribution is 6.31. The number of amides is 1. The fraction of sp³-hybridized carbons (Fsp3) is 0.267. The molecule has 0 aliphatic heterocycles. The Morgan fingerprint density at radius 3 is 2.83 bits per heavy atom. The molecule has 122 valence electrons. The molecule has 0 spiro atoms. The summed E-state index contributed by atoms with van der Waals surface area (Å²) >= 11 is 5.73. The summed E-state index contributed by atoms with van der Waals surface area (Å²) in [6, 6.07) is 5.73. The first kappa shape index (κ1) is 17.1. The maximum atomic E-state index is 13.2. The van der Waals surface area contributed by atoms with Crippen LogP contribution in [-0.2, 0) is 4.74 Å². The van der Waals surface area contributed by atoms with Crippen molar-refractivity contribution in [3.8, 4) is 0 Å². The molecule has 0 saturated heterocycles. The van der Waals surface area contributed by atoms with Gasteiger partial charge in [0.25, 0.3) is 5.91 Å². The van der Waals surface area contributed by atoms with Crippen molar-refractivity contribution in [2.75, 3.05) is 25.6 Å². The third-order valence-corrected chi connectivity index (χ3v) is 3.14. The average Bonchev–Trinajstić information content (AvgIpc) is 2.50. The molecule has 2 aromatic rings. The standard InChI is InChI=1S/C15H16ClFN4O2/c1-9-7-13(14(22)18-5-6-23-2)21-15(19-9)20-10-3-4-12(17)11(16)8-10/h3-4,7-8H,5-6H2,1-2H3,(H,18,22)(H,19,20,21). The SMILES string of the molecule is COCCNC(=O)c1cc(C)nc(Nc2ccc(F)c(Cl)c2)n1. The number of halogens is 2. The zero-order valence-corrected chi connectivity index (χ0v) is 13.4. The van der Waals surface area contributed by atoms with E-state index in [1.165, 1.54) is 18.2 Å². The molecule has 0 unspecified atom stereocenters. The first-order valence-corrected chi connectivity index (χ1v) is 7.22. The minimum atomic E-state index is -0.513. The summed E-state index contributed by atoms with van der Waals surface area (Å²) in [5.41, 5.74) is 1.37. The number of benzene rings is 1. The van der Waals surface area contributed by atoms with Crippen molar-refractivity contribution in [2.45, 2.75) is 6.92 Å². The molecule has 0 radical (unpaired) electrons. The summed E-state index contributed by atoms with van der Waals surface area (Å²) in [5.74, 6) is -0.613. The monoisotopic (exact) mass is 338 g/mol. The van der Waals surface area contributed by atoms with Crippen LogP contribution in [0.15, 0.2) is 24.3 Å². The van der Waals surface area contributed by atoms with E-state index in [0.717, 1.165) is 0 Å². The Morgan fingerprint density at radius 2 is 2.13 bits per heavy atom. The highest BCUT2D eigenvalue weighted by Crippen LogP contribution is 2.21. The maximum absolute atomic E-state index is 13.2. The van der Waals surface area contributed by atoms with E-state index in [1.807, 2.05) is 0 Å². The van der Waals surface area contributed by atoms with Crippen molar-refractivity contribution >= 4 is 29.1 Å². The molecule has 0 bridgehead atoms. The molecule has 1 aromatic heterocycles. The quantitative estimate of drug-likeness (QED) is 0.792. The van der Waals surface area contributed by atoms with Crippen LogP contribution in [0.5, 0.6) is 0 Å². The van der Waals surface area contributed by atoms with Gasteiger partial charge in [-0.05, 0) is 31.2 Å². The Labute approximate surface area is 138 Å². The van der Waals surface area contributed by atoms with Gasteiger partial charge >= 0.3 is 0 Å². The number of carbonyl (C=O) groups excluding carboxylic acids is 1. The molecule has 1 amide bonds. The highest BCUT2D eigenvalue weighted by atomic mass is 35.5. The van der Waals surface area contributed by atoms with E-state index < -0.39 is 5.82 Å². The van der Waals surface area contributed by atoms with E-state index in [1.54, 1.807) is 20.1 Å². The lowest BCUT2D eigenvalue weighted by Gasteiger charge is -2.09.